The van der Waals surface area contributed by atoms with Crippen LogP contribution in [0.2, 0.25) is 10.0 Å². The smallest absolute Gasteiger partial charge is 0.244 e. The van der Waals surface area contributed by atoms with Gasteiger partial charge in [0.25, 0.3) is 0 Å². The van der Waals surface area contributed by atoms with Crippen LogP contribution in [0.3, 0.4) is 0 Å². The molecule has 30 heavy (non-hydrogen) atoms. The number of nitrogens with zero attached hydrogens (tertiary/aromatic N) is 3. The molecule has 1 aliphatic rings. The van der Waals surface area contributed by atoms with Crippen molar-refractivity contribution in [1.82, 2.24) is 9.29 Å². The summed E-state index contributed by atoms with van der Waals surface area (Å²) in [6.45, 7) is 1.80. The van der Waals surface area contributed by atoms with E-state index in [-0.39, 0.29) is 9.92 Å². The van der Waals surface area contributed by atoms with Gasteiger partial charge in [-0.1, -0.05) is 23.2 Å². The molecule has 0 amide bonds. The summed E-state index contributed by atoms with van der Waals surface area (Å²) >= 11 is 13.6. The van der Waals surface area contributed by atoms with Crippen molar-refractivity contribution in [3.05, 3.63) is 57.9 Å². The van der Waals surface area contributed by atoms with Gasteiger partial charge < -0.3 is 9.64 Å². The van der Waals surface area contributed by atoms with Crippen molar-refractivity contribution >= 4 is 49.7 Å². The Kier molecular flexibility index (Phi) is 6.22. The molecule has 3 aromatic rings. The van der Waals surface area contributed by atoms with E-state index >= 15 is 0 Å². The predicted octanol–water partition coefficient (Wildman–Crippen LogP) is 4.64. The number of anilines is 1. The number of hydrogen-bond donors (Lipinski definition) is 0. The highest BCUT2D eigenvalue weighted by Gasteiger charge is 2.31. The summed E-state index contributed by atoms with van der Waals surface area (Å²) in [5.74, 6) is 0.798. The predicted molar refractivity (Wildman–Crippen MR) is 122 cm³/mol. The number of piperazine rings is 1. The summed E-state index contributed by atoms with van der Waals surface area (Å²) in [5.41, 5.74) is 1.90. The van der Waals surface area contributed by atoms with E-state index in [2.05, 4.69) is 4.90 Å². The van der Waals surface area contributed by atoms with Gasteiger partial charge >= 0.3 is 0 Å². The zero-order valence-corrected chi connectivity index (χ0v) is 19.2. The Balaban J connectivity index is 1.46. The third-order valence-corrected chi connectivity index (χ3v) is 8.41. The fraction of sp³-hybridized carbons (Fsp3) is 0.250. The lowest BCUT2D eigenvalue weighted by Crippen LogP contribution is -2.48. The van der Waals surface area contributed by atoms with Crippen LogP contribution < -0.4 is 9.64 Å². The van der Waals surface area contributed by atoms with Gasteiger partial charge in [-0.25, -0.2) is 13.4 Å². The lowest BCUT2D eigenvalue weighted by atomic mass is 10.2. The number of ether oxygens (including phenoxy) is 1. The Morgan fingerprint density at radius 3 is 2.40 bits per heavy atom. The Bertz CT molecular complexity index is 1140. The van der Waals surface area contributed by atoms with E-state index in [9.17, 15) is 8.42 Å². The molecule has 6 nitrogen and oxygen atoms in total. The molecule has 10 heteroatoms. The monoisotopic (exact) mass is 483 g/mol. The number of thiazole rings is 1. The third kappa shape index (κ3) is 4.29. The summed E-state index contributed by atoms with van der Waals surface area (Å²) in [6.07, 6.45) is 0. The molecule has 2 aromatic carbocycles. The Labute approximate surface area is 189 Å². The molecule has 0 N–H and O–H groups in total. The van der Waals surface area contributed by atoms with Crippen LogP contribution in [-0.2, 0) is 10.0 Å². The summed E-state index contributed by atoms with van der Waals surface area (Å²) in [6, 6.07) is 12.2. The number of rotatable bonds is 5. The van der Waals surface area contributed by atoms with Gasteiger partial charge in [-0.2, -0.15) is 4.31 Å². The normalized spacial score (nSPS) is 15.4. The van der Waals surface area contributed by atoms with Gasteiger partial charge in [0.15, 0.2) is 5.13 Å². The molecule has 0 spiro atoms. The van der Waals surface area contributed by atoms with Gasteiger partial charge in [0.05, 0.1) is 17.8 Å². The number of hydrogen-bond acceptors (Lipinski definition) is 6. The summed E-state index contributed by atoms with van der Waals surface area (Å²) in [4.78, 5) is 6.87. The standard InChI is InChI=1S/C20H19Cl2N3O3S2/c1-28-16-5-2-14(3-6-16)18-13-29-20(23-18)24-8-10-25(11-9-24)30(26,27)19-12-15(21)4-7-17(19)22/h2-7,12-13H,8-11H2,1H3. The molecule has 158 valence electrons. The average Bonchev–Trinajstić information content (AvgIpc) is 3.26. The van der Waals surface area contributed by atoms with Crippen LogP contribution in [0.1, 0.15) is 0 Å². The summed E-state index contributed by atoms with van der Waals surface area (Å²) in [5, 5.41) is 3.39. The number of aromatic nitrogens is 1. The van der Waals surface area contributed by atoms with E-state index in [1.165, 1.54) is 16.4 Å². The first-order chi connectivity index (χ1) is 14.4. The van der Waals surface area contributed by atoms with Crippen molar-refractivity contribution in [3.8, 4) is 17.0 Å². The van der Waals surface area contributed by atoms with Gasteiger partial charge in [0, 0.05) is 42.1 Å². The summed E-state index contributed by atoms with van der Waals surface area (Å²) < 4.78 is 32.6. The number of sulfonamides is 1. The Morgan fingerprint density at radius 2 is 1.73 bits per heavy atom. The van der Waals surface area contributed by atoms with E-state index in [1.807, 2.05) is 29.6 Å². The minimum atomic E-state index is -3.70. The van der Waals surface area contributed by atoms with Crippen molar-refractivity contribution < 1.29 is 13.2 Å². The van der Waals surface area contributed by atoms with E-state index in [1.54, 1.807) is 24.5 Å². The molecule has 0 bridgehead atoms. The van der Waals surface area contributed by atoms with Crippen LogP contribution >= 0.6 is 34.5 Å². The van der Waals surface area contributed by atoms with E-state index in [0.717, 1.165) is 22.1 Å². The number of halogens is 2. The maximum Gasteiger partial charge on any atom is 0.244 e. The van der Waals surface area contributed by atoms with E-state index in [4.69, 9.17) is 32.9 Å². The number of methoxy groups -OCH3 is 1. The molecule has 1 saturated heterocycles. The van der Waals surface area contributed by atoms with Gasteiger partial charge in [0.1, 0.15) is 10.6 Å². The highest BCUT2D eigenvalue weighted by atomic mass is 35.5. The van der Waals surface area contributed by atoms with E-state index in [0.29, 0.717) is 31.2 Å². The quantitative estimate of drug-likeness (QED) is 0.528. The second-order valence-electron chi connectivity index (χ2n) is 6.71. The zero-order chi connectivity index (χ0) is 21.3. The topological polar surface area (TPSA) is 62.7 Å². The van der Waals surface area contributed by atoms with Gasteiger partial charge in [-0.15, -0.1) is 11.3 Å². The first-order valence-corrected chi connectivity index (χ1v) is 12.3. The highest BCUT2D eigenvalue weighted by Crippen LogP contribution is 2.31. The lowest BCUT2D eigenvalue weighted by Gasteiger charge is -2.34. The first kappa shape index (κ1) is 21.4. The largest absolute Gasteiger partial charge is 0.497 e. The van der Waals surface area contributed by atoms with Crippen LogP contribution in [0.25, 0.3) is 11.3 Å². The Morgan fingerprint density at radius 1 is 1.03 bits per heavy atom. The second-order valence-corrected chi connectivity index (χ2v) is 10.3. The fourth-order valence-electron chi connectivity index (χ4n) is 3.24. The van der Waals surface area contributed by atoms with Crippen molar-refractivity contribution in [2.75, 3.05) is 38.2 Å². The first-order valence-electron chi connectivity index (χ1n) is 9.18. The van der Waals surface area contributed by atoms with Crippen LogP contribution in [0.5, 0.6) is 5.75 Å². The molecule has 1 aromatic heterocycles. The molecule has 0 atom stereocenters. The van der Waals surface area contributed by atoms with Crippen molar-refractivity contribution in [3.63, 3.8) is 0 Å². The molecule has 4 rings (SSSR count). The number of benzene rings is 2. The molecule has 1 fully saturated rings. The zero-order valence-electron chi connectivity index (χ0n) is 16.1. The minimum Gasteiger partial charge on any atom is -0.497 e. The maximum atomic E-state index is 13.0. The van der Waals surface area contributed by atoms with Crippen LogP contribution in [-0.4, -0.2) is 51.0 Å². The Hall–Kier alpha value is -1.84. The molecule has 0 aliphatic carbocycles. The minimum absolute atomic E-state index is 0.0427. The molecular weight excluding hydrogens is 465 g/mol. The maximum absolute atomic E-state index is 13.0. The molecule has 0 unspecified atom stereocenters. The van der Waals surface area contributed by atoms with Gasteiger partial charge in [-0.3, -0.25) is 0 Å². The fourth-order valence-corrected chi connectivity index (χ4v) is 6.29. The SMILES string of the molecule is COc1ccc(-c2csc(N3CCN(S(=O)(=O)c4cc(Cl)ccc4Cl)CC3)n2)cc1. The molecule has 1 aliphatic heterocycles. The highest BCUT2D eigenvalue weighted by molar-refractivity contribution is 7.89. The van der Waals surface area contributed by atoms with Gasteiger partial charge in [0.2, 0.25) is 10.0 Å². The lowest BCUT2D eigenvalue weighted by molar-refractivity contribution is 0.385. The second kappa shape index (κ2) is 8.72. The third-order valence-electron chi connectivity index (χ3n) is 4.90. The van der Waals surface area contributed by atoms with Crippen molar-refractivity contribution in [2.45, 2.75) is 4.90 Å². The van der Waals surface area contributed by atoms with Gasteiger partial charge in [-0.05, 0) is 42.5 Å². The molecule has 0 radical (unpaired) electrons. The van der Waals surface area contributed by atoms with Crippen LogP contribution in [0.4, 0.5) is 5.13 Å². The average molecular weight is 484 g/mol. The van der Waals surface area contributed by atoms with Crippen molar-refractivity contribution in [2.24, 2.45) is 0 Å². The summed E-state index contributed by atoms with van der Waals surface area (Å²) in [7, 11) is -2.07. The van der Waals surface area contributed by atoms with Crippen LogP contribution in [0.15, 0.2) is 52.7 Å². The molecule has 2 heterocycles. The van der Waals surface area contributed by atoms with E-state index < -0.39 is 10.0 Å². The van der Waals surface area contributed by atoms with Crippen molar-refractivity contribution in [1.29, 1.82) is 0 Å². The molecule has 0 saturated carbocycles. The molecular formula is C20H19Cl2N3O3S2. The van der Waals surface area contributed by atoms with Crippen LogP contribution in [0, 0.1) is 0 Å².